The first-order valence-electron chi connectivity index (χ1n) is 6.09. The zero-order valence-corrected chi connectivity index (χ0v) is 12.1. The molecule has 4 heteroatoms. The Labute approximate surface area is 123 Å². The van der Waals surface area contributed by atoms with E-state index in [1.54, 1.807) is 31.3 Å². The molecule has 0 aliphatic rings. The van der Waals surface area contributed by atoms with Gasteiger partial charge < -0.3 is 5.32 Å². The van der Waals surface area contributed by atoms with Crippen LogP contribution in [0, 0.1) is 6.92 Å². The van der Waals surface area contributed by atoms with Gasteiger partial charge in [-0.2, -0.15) is 0 Å². The van der Waals surface area contributed by atoms with Crippen LogP contribution in [0.4, 0.5) is 0 Å². The summed E-state index contributed by atoms with van der Waals surface area (Å²) < 4.78 is 0. The van der Waals surface area contributed by atoms with E-state index in [0.29, 0.717) is 5.56 Å². The van der Waals surface area contributed by atoms with E-state index in [2.05, 4.69) is 5.32 Å². The Hall–Kier alpha value is -2.13. The molecular formula is C16H16ClNO2. The van der Waals surface area contributed by atoms with Crippen molar-refractivity contribution in [3.05, 3.63) is 71.3 Å². The summed E-state index contributed by atoms with van der Waals surface area (Å²) in [7, 11) is 1.63. The van der Waals surface area contributed by atoms with Crippen molar-refractivity contribution in [2.24, 2.45) is 0 Å². The number of halogens is 1. The van der Waals surface area contributed by atoms with E-state index in [1.807, 2.05) is 37.3 Å². The van der Waals surface area contributed by atoms with Crippen LogP contribution in [0.15, 0.2) is 54.6 Å². The molecule has 2 aromatic carbocycles. The molecule has 0 saturated carbocycles. The average molecular weight is 290 g/mol. The second-order valence-electron chi connectivity index (χ2n) is 4.03. The highest BCUT2D eigenvalue weighted by molar-refractivity contribution is 6.67. The van der Waals surface area contributed by atoms with E-state index in [4.69, 9.17) is 11.6 Å². The van der Waals surface area contributed by atoms with Gasteiger partial charge in [-0.25, -0.2) is 0 Å². The van der Waals surface area contributed by atoms with Crippen molar-refractivity contribution in [2.75, 3.05) is 7.05 Å². The number of hydrogen-bond acceptors (Lipinski definition) is 2. The van der Waals surface area contributed by atoms with Crippen LogP contribution in [0.25, 0.3) is 0 Å². The third-order valence-corrected chi connectivity index (χ3v) is 2.84. The summed E-state index contributed by atoms with van der Waals surface area (Å²) in [5.41, 5.74) is 2.29. The number of carbonyl (C=O) groups is 2. The molecule has 2 rings (SSSR count). The summed E-state index contributed by atoms with van der Waals surface area (Å²) in [4.78, 5) is 21.5. The van der Waals surface area contributed by atoms with Gasteiger partial charge in [-0.3, -0.25) is 9.59 Å². The maximum Gasteiger partial charge on any atom is 0.252 e. The van der Waals surface area contributed by atoms with Crippen molar-refractivity contribution >= 4 is 22.8 Å². The molecule has 0 heterocycles. The highest BCUT2D eigenvalue weighted by atomic mass is 35.5. The van der Waals surface area contributed by atoms with Gasteiger partial charge in [0.15, 0.2) is 0 Å². The first-order valence-corrected chi connectivity index (χ1v) is 6.46. The van der Waals surface area contributed by atoms with E-state index in [0.717, 1.165) is 11.1 Å². The van der Waals surface area contributed by atoms with Gasteiger partial charge in [0, 0.05) is 18.2 Å². The molecule has 2 aromatic rings. The Morgan fingerprint density at radius 3 is 1.95 bits per heavy atom. The second kappa shape index (κ2) is 8.12. The molecular weight excluding hydrogens is 274 g/mol. The third kappa shape index (κ3) is 4.86. The van der Waals surface area contributed by atoms with Crippen LogP contribution in [0.1, 0.15) is 26.3 Å². The number of rotatable bonds is 2. The number of hydrogen-bond donors (Lipinski definition) is 1. The molecule has 20 heavy (non-hydrogen) atoms. The molecule has 0 unspecified atom stereocenters. The van der Waals surface area contributed by atoms with Gasteiger partial charge in [-0.05, 0) is 30.2 Å². The Morgan fingerprint density at radius 1 is 0.950 bits per heavy atom. The standard InChI is InChI=1S/C9H11NO.C7H5ClO/c1-7-5-3-4-6-8(7)9(11)10-2;8-7(9)6-4-2-1-3-5-6/h3-6H,1-2H3,(H,10,11);1-5H. The smallest absolute Gasteiger partial charge is 0.252 e. The molecule has 1 N–H and O–H groups in total. The molecule has 0 spiro atoms. The summed E-state index contributed by atoms with van der Waals surface area (Å²) in [5, 5.41) is 2.18. The van der Waals surface area contributed by atoms with Crippen molar-refractivity contribution in [3.8, 4) is 0 Å². The Kier molecular flexibility index (Phi) is 6.47. The van der Waals surface area contributed by atoms with Crippen LogP contribution in [0.2, 0.25) is 0 Å². The van der Waals surface area contributed by atoms with Gasteiger partial charge in [0.25, 0.3) is 11.1 Å². The normalized spacial score (nSPS) is 9.15. The van der Waals surface area contributed by atoms with Gasteiger partial charge in [0.1, 0.15) is 0 Å². The summed E-state index contributed by atoms with van der Waals surface area (Å²) in [6.45, 7) is 1.92. The van der Waals surface area contributed by atoms with Gasteiger partial charge in [-0.15, -0.1) is 0 Å². The molecule has 104 valence electrons. The van der Waals surface area contributed by atoms with Crippen LogP contribution in [-0.2, 0) is 0 Å². The number of nitrogens with one attached hydrogen (secondary N) is 1. The molecule has 0 aliphatic heterocycles. The molecule has 0 fully saturated rings. The third-order valence-electron chi connectivity index (χ3n) is 2.62. The zero-order valence-electron chi connectivity index (χ0n) is 11.4. The lowest BCUT2D eigenvalue weighted by molar-refractivity contribution is 0.0962. The van der Waals surface area contributed by atoms with E-state index in [1.165, 1.54) is 0 Å². The molecule has 0 radical (unpaired) electrons. The van der Waals surface area contributed by atoms with Crippen molar-refractivity contribution in [3.63, 3.8) is 0 Å². The maximum atomic E-state index is 11.1. The summed E-state index contributed by atoms with van der Waals surface area (Å²) in [6, 6.07) is 16.2. The fraction of sp³-hybridized carbons (Fsp3) is 0.125. The average Bonchev–Trinajstić information content (AvgIpc) is 2.48. The Morgan fingerprint density at radius 2 is 1.50 bits per heavy atom. The summed E-state index contributed by atoms with van der Waals surface area (Å²) >= 11 is 5.16. The number of carbonyl (C=O) groups excluding carboxylic acids is 2. The minimum absolute atomic E-state index is 0.0249. The van der Waals surface area contributed by atoms with Gasteiger partial charge in [-0.1, -0.05) is 48.5 Å². The fourth-order valence-corrected chi connectivity index (χ4v) is 1.66. The molecule has 0 atom stereocenters. The van der Waals surface area contributed by atoms with Crippen molar-refractivity contribution in [1.29, 1.82) is 0 Å². The second-order valence-corrected chi connectivity index (χ2v) is 4.38. The molecule has 0 saturated heterocycles. The SMILES string of the molecule is CNC(=O)c1ccccc1C.O=C(Cl)c1ccccc1. The molecule has 0 aromatic heterocycles. The van der Waals surface area contributed by atoms with Gasteiger partial charge in [0.05, 0.1) is 0 Å². The fourth-order valence-electron chi connectivity index (χ4n) is 1.53. The highest BCUT2D eigenvalue weighted by Crippen LogP contribution is 2.05. The van der Waals surface area contributed by atoms with E-state index in [-0.39, 0.29) is 5.91 Å². The minimum atomic E-state index is -0.407. The zero-order chi connectivity index (χ0) is 15.0. The predicted molar refractivity (Wildman–Crippen MR) is 81.2 cm³/mol. The largest absolute Gasteiger partial charge is 0.355 e. The number of benzene rings is 2. The van der Waals surface area contributed by atoms with Crippen molar-refractivity contribution < 1.29 is 9.59 Å². The number of aryl methyl sites for hydroxylation is 1. The van der Waals surface area contributed by atoms with Gasteiger partial charge >= 0.3 is 0 Å². The monoisotopic (exact) mass is 289 g/mol. The highest BCUT2D eigenvalue weighted by Gasteiger charge is 2.03. The van der Waals surface area contributed by atoms with Crippen LogP contribution in [-0.4, -0.2) is 18.2 Å². The minimum Gasteiger partial charge on any atom is -0.355 e. The molecule has 3 nitrogen and oxygen atoms in total. The molecule has 0 aliphatic carbocycles. The van der Waals surface area contributed by atoms with Crippen LogP contribution in [0.5, 0.6) is 0 Å². The quantitative estimate of drug-likeness (QED) is 0.861. The lowest BCUT2D eigenvalue weighted by Gasteiger charge is -2.01. The maximum absolute atomic E-state index is 11.1. The summed E-state index contributed by atoms with van der Waals surface area (Å²) in [5.74, 6) is -0.0249. The first-order chi connectivity index (χ1) is 9.56. The molecule has 1 amide bonds. The first kappa shape index (κ1) is 15.9. The van der Waals surface area contributed by atoms with Crippen LogP contribution >= 0.6 is 11.6 Å². The van der Waals surface area contributed by atoms with E-state index < -0.39 is 5.24 Å². The van der Waals surface area contributed by atoms with Crippen LogP contribution < -0.4 is 5.32 Å². The van der Waals surface area contributed by atoms with Crippen molar-refractivity contribution in [2.45, 2.75) is 6.92 Å². The Balaban J connectivity index is 0.000000204. The van der Waals surface area contributed by atoms with Gasteiger partial charge in [0.2, 0.25) is 0 Å². The summed E-state index contributed by atoms with van der Waals surface area (Å²) in [6.07, 6.45) is 0. The number of amides is 1. The van der Waals surface area contributed by atoms with Crippen molar-refractivity contribution in [1.82, 2.24) is 5.32 Å². The topological polar surface area (TPSA) is 46.2 Å². The predicted octanol–water partition coefficient (Wildman–Crippen LogP) is 3.42. The lowest BCUT2D eigenvalue weighted by atomic mass is 10.1. The Bertz CT molecular complexity index is 582. The lowest BCUT2D eigenvalue weighted by Crippen LogP contribution is -2.18. The molecule has 0 bridgehead atoms. The van der Waals surface area contributed by atoms with Crippen LogP contribution in [0.3, 0.4) is 0 Å². The van der Waals surface area contributed by atoms with E-state index in [9.17, 15) is 9.59 Å². The van der Waals surface area contributed by atoms with E-state index >= 15 is 0 Å².